The molecule has 10 heteroatoms. The first-order chi connectivity index (χ1) is 18.1. The van der Waals surface area contributed by atoms with Crippen LogP contribution in [0.3, 0.4) is 0 Å². The molecule has 0 saturated carbocycles. The summed E-state index contributed by atoms with van der Waals surface area (Å²) in [6.07, 6.45) is 3.24. The summed E-state index contributed by atoms with van der Waals surface area (Å²) in [7, 11) is 0. The lowest BCUT2D eigenvalue weighted by Crippen LogP contribution is -2.22. The Morgan fingerprint density at radius 2 is 1.95 bits per heavy atom. The van der Waals surface area contributed by atoms with Gasteiger partial charge in [-0.15, -0.1) is 11.3 Å². The van der Waals surface area contributed by atoms with Crippen molar-refractivity contribution in [1.29, 1.82) is 0 Å². The number of amides is 1. The molecule has 4 aromatic heterocycles. The monoisotopic (exact) mass is 531 g/mol. The van der Waals surface area contributed by atoms with Gasteiger partial charge in [-0.05, 0) is 45.4 Å². The van der Waals surface area contributed by atoms with Crippen LogP contribution in [-0.4, -0.2) is 35.6 Å². The molecule has 4 heterocycles. The number of aryl methyl sites for hydroxylation is 1. The van der Waals surface area contributed by atoms with E-state index in [-0.39, 0.29) is 24.4 Å². The molecule has 0 aliphatic carbocycles. The van der Waals surface area contributed by atoms with Gasteiger partial charge in [0.15, 0.2) is 5.65 Å². The molecule has 1 amide bonds. The van der Waals surface area contributed by atoms with Gasteiger partial charge in [-0.2, -0.15) is 5.10 Å². The van der Waals surface area contributed by atoms with Gasteiger partial charge in [0, 0.05) is 41.5 Å². The number of imidazole rings is 1. The van der Waals surface area contributed by atoms with Crippen molar-refractivity contribution in [1.82, 2.24) is 35.0 Å². The SMILES string of the molecule is Cc1nn(C(C)C)c(C)c1-c1nc2nccc(-c3ccc(CNC(=O)c4cnc(C(C)C)s4)c(F)c3)c2[nH]1. The van der Waals surface area contributed by atoms with Crippen LogP contribution < -0.4 is 5.32 Å². The third kappa shape index (κ3) is 4.71. The summed E-state index contributed by atoms with van der Waals surface area (Å²) in [5.41, 5.74) is 6.01. The molecule has 0 spiro atoms. The fourth-order valence-corrected chi connectivity index (χ4v) is 5.40. The van der Waals surface area contributed by atoms with Crippen LogP contribution >= 0.6 is 11.3 Å². The number of rotatable bonds is 7. The molecule has 8 nitrogen and oxygen atoms in total. The van der Waals surface area contributed by atoms with Crippen molar-refractivity contribution in [3.63, 3.8) is 0 Å². The highest BCUT2D eigenvalue weighted by Gasteiger charge is 2.20. The van der Waals surface area contributed by atoms with E-state index in [2.05, 4.69) is 39.2 Å². The second-order valence-electron chi connectivity index (χ2n) is 9.93. The number of aromatic amines is 1. The Morgan fingerprint density at radius 3 is 2.61 bits per heavy atom. The Morgan fingerprint density at radius 1 is 1.16 bits per heavy atom. The largest absolute Gasteiger partial charge is 0.347 e. The molecule has 196 valence electrons. The average molecular weight is 532 g/mol. The molecule has 0 aliphatic rings. The minimum absolute atomic E-state index is 0.0816. The smallest absolute Gasteiger partial charge is 0.263 e. The van der Waals surface area contributed by atoms with Gasteiger partial charge >= 0.3 is 0 Å². The van der Waals surface area contributed by atoms with Crippen LogP contribution in [0.1, 0.15) is 71.3 Å². The Bertz CT molecular complexity index is 1650. The lowest BCUT2D eigenvalue weighted by molar-refractivity contribution is 0.0954. The van der Waals surface area contributed by atoms with Gasteiger partial charge in [-0.3, -0.25) is 9.48 Å². The van der Waals surface area contributed by atoms with E-state index in [1.165, 1.54) is 17.4 Å². The molecule has 5 rings (SSSR count). The summed E-state index contributed by atoms with van der Waals surface area (Å²) in [6, 6.07) is 7.09. The van der Waals surface area contributed by atoms with Crippen molar-refractivity contribution < 1.29 is 9.18 Å². The number of carbonyl (C=O) groups excluding carboxylic acids is 1. The van der Waals surface area contributed by atoms with Crippen LogP contribution in [0.2, 0.25) is 0 Å². The maximum atomic E-state index is 15.1. The summed E-state index contributed by atoms with van der Waals surface area (Å²) < 4.78 is 17.1. The summed E-state index contributed by atoms with van der Waals surface area (Å²) in [6.45, 7) is 12.3. The quantitative estimate of drug-likeness (QED) is 0.255. The summed E-state index contributed by atoms with van der Waals surface area (Å²) >= 11 is 1.36. The zero-order chi connectivity index (χ0) is 27.1. The average Bonchev–Trinajstić information content (AvgIpc) is 3.60. The highest BCUT2D eigenvalue weighted by molar-refractivity contribution is 7.13. The van der Waals surface area contributed by atoms with Crippen LogP contribution in [0.4, 0.5) is 4.39 Å². The number of hydrogen-bond donors (Lipinski definition) is 2. The van der Waals surface area contributed by atoms with E-state index in [0.29, 0.717) is 27.5 Å². The van der Waals surface area contributed by atoms with Crippen molar-refractivity contribution in [3.8, 4) is 22.5 Å². The van der Waals surface area contributed by atoms with Crippen LogP contribution in [0, 0.1) is 19.7 Å². The van der Waals surface area contributed by atoms with Crippen molar-refractivity contribution in [3.05, 3.63) is 69.3 Å². The van der Waals surface area contributed by atoms with Gasteiger partial charge in [0.2, 0.25) is 0 Å². The number of nitrogens with zero attached hydrogens (tertiary/aromatic N) is 5. The second-order valence-corrected chi connectivity index (χ2v) is 11.0. The molecule has 0 radical (unpaired) electrons. The van der Waals surface area contributed by atoms with Crippen molar-refractivity contribution in [2.45, 2.75) is 60.0 Å². The van der Waals surface area contributed by atoms with Crippen LogP contribution in [0.5, 0.6) is 0 Å². The van der Waals surface area contributed by atoms with Crippen LogP contribution in [0.25, 0.3) is 33.7 Å². The van der Waals surface area contributed by atoms with Crippen LogP contribution in [-0.2, 0) is 6.54 Å². The van der Waals surface area contributed by atoms with E-state index in [1.807, 2.05) is 44.5 Å². The number of carbonyl (C=O) groups is 1. The van der Waals surface area contributed by atoms with E-state index >= 15 is 4.39 Å². The van der Waals surface area contributed by atoms with Gasteiger partial charge < -0.3 is 10.3 Å². The predicted molar refractivity (Wildman–Crippen MR) is 148 cm³/mol. The lowest BCUT2D eigenvalue weighted by Gasteiger charge is -2.08. The van der Waals surface area contributed by atoms with Gasteiger partial charge in [-0.1, -0.05) is 26.0 Å². The third-order valence-electron chi connectivity index (χ3n) is 6.49. The van der Waals surface area contributed by atoms with E-state index in [0.717, 1.165) is 33.0 Å². The van der Waals surface area contributed by atoms with Crippen molar-refractivity contribution in [2.24, 2.45) is 0 Å². The molecule has 38 heavy (non-hydrogen) atoms. The maximum absolute atomic E-state index is 15.1. The van der Waals surface area contributed by atoms with Gasteiger partial charge in [0.05, 0.1) is 28.0 Å². The Balaban J connectivity index is 1.41. The minimum atomic E-state index is -0.399. The number of halogens is 1. The van der Waals surface area contributed by atoms with Crippen LogP contribution in [0.15, 0.2) is 36.7 Å². The molecule has 0 unspecified atom stereocenters. The number of nitrogens with one attached hydrogen (secondary N) is 2. The summed E-state index contributed by atoms with van der Waals surface area (Å²) in [5.74, 6) is 0.281. The fourth-order valence-electron chi connectivity index (χ4n) is 4.56. The standard InChI is InChI=1S/C28H30FN7OS/c1-14(2)28-32-13-22(38-28)27(37)31-12-19-8-7-18(11-21(19)29)20-9-10-30-26-24(20)33-25(34-26)23-16(5)35-36(15(3)4)17(23)6/h7-11,13-15H,12H2,1-6H3,(H,31,37)(H,30,33,34). The first-order valence-electron chi connectivity index (χ1n) is 12.6. The molecule has 5 aromatic rings. The predicted octanol–water partition coefficient (Wildman–Crippen LogP) is 6.34. The van der Waals surface area contributed by atoms with Gasteiger partial charge in [0.1, 0.15) is 16.5 Å². The number of pyridine rings is 1. The third-order valence-corrected chi connectivity index (χ3v) is 7.78. The molecule has 0 bridgehead atoms. The van der Waals surface area contributed by atoms with E-state index in [9.17, 15) is 4.79 Å². The Hall–Kier alpha value is -3.92. The highest BCUT2D eigenvalue weighted by atomic mass is 32.1. The normalized spacial score (nSPS) is 11.7. The zero-order valence-corrected chi connectivity index (χ0v) is 23.1. The molecule has 0 fully saturated rings. The number of fused-ring (bicyclic) bond motifs is 1. The Kier molecular flexibility index (Phi) is 6.83. The summed E-state index contributed by atoms with van der Waals surface area (Å²) in [4.78, 5) is 29.9. The van der Waals surface area contributed by atoms with Crippen molar-refractivity contribution >= 4 is 28.4 Å². The lowest BCUT2D eigenvalue weighted by atomic mass is 10.0. The fraction of sp³-hybridized carbons (Fsp3) is 0.321. The van der Waals surface area contributed by atoms with E-state index < -0.39 is 5.82 Å². The summed E-state index contributed by atoms with van der Waals surface area (Å²) in [5, 5.41) is 8.36. The van der Waals surface area contributed by atoms with E-state index in [4.69, 9.17) is 4.98 Å². The zero-order valence-electron chi connectivity index (χ0n) is 22.3. The minimum Gasteiger partial charge on any atom is -0.347 e. The molecular weight excluding hydrogens is 501 g/mol. The van der Waals surface area contributed by atoms with Gasteiger partial charge in [0.25, 0.3) is 5.91 Å². The molecular formula is C28H30FN7OS. The maximum Gasteiger partial charge on any atom is 0.263 e. The molecule has 0 atom stereocenters. The van der Waals surface area contributed by atoms with Gasteiger partial charge in [-0.25, -0.2) is 19.3 Å². The molecule has 1 aromatic carbocycles. The molecule has 2 N–H and O–H groups in total. The molecule has 0 saturated heterocycles. The number of thiazole rings is 1. The molecule has 0 aliphatic heterocycles. The number of aromatic nitrogens is 6. The number of H-pyrrole nitrogens is 1. The van der Waals surface area contributed by atoms with Crippen molar-refractivity contribution in [2.75, 3.05) is 0 Å². The first kappa shape index (κ1) is 25.7. The Labute approximate surface area is 224 Å². The number of hydrogen-bond acceptors (Lipinski definition) is 6. The first-order valence-corrected chi connectivity index (χ1v) is 13.4. The number of benzene rings is 1. The highest BCUT2D eigenvalue weighted by Crippen LogP contribution is 2.32. The second kappa shape index (κ2) is 10.1. The van der Waals surface area contributed by atoms with E-state index in [1.54, 1.807) is 18.5 Å². The topological polar surface area (TPSA) is 101 Å².